The van der Waals surface area contributed by atoms with Crippen molar-refractivity contribution in [1.29, 1.82) is 0 Å². The van der Waals surface area contributed by atoms with Gasteiger partial charge in [-0.25, -0.2) is 4.98 Å². The molecule has 19 heavy (non-hydrogen) atoms. The minimum absolute atomic E-state index is 0.205. The average molecular weight is 325 g/mol. The normalized spacial score (nSPS) is 14.7. The molecule has 1 N–H and O–H groups in total. The zero-order chi connectivity index (χ0) is 13.4. The Morgan fingerprint density at radius 3 is 3.11 bits per heavy atom. The third-order valence-corrected chi connectivity index (χ3v) is 3.69. The van der Waals surface area contributed by atoms with E-state index in [9.17, 15) is 5.11 Å². The Morgan fingerprint density at radius 2 is 2.32 bits per heavy atom. The lowest BCUT2D eigenvalue weighted by molar-refractivity contribution is 0.173. The van der Waals surface area contributed by atoms with Gasteiger partial charge in [0.1, 0.15) is 11.9 Å². The van der Waals surface area contributed by atoms with Crippen LogP contribution >= 0.6 is 15.9 Å². The Morgan fingerprint density at radius 1 is 1.47 bits per heavy atom. The number of aliphatic hydroxyl groups excluding tert-OH is 1. The number of fused-ring (bicyclic) bond motifs is 1. The summed E-state index contributed by atoms with van der Waals surface area (Å²) in [5, 5.41) is 10.4. The molecule has 1 aromatic heterocycles. The maximum atomic E-state index is 10.4. The molecule has 0 radical (unpaired) electrons. The molecule has 5 nitrogen and oxygen atoms in total. The standard InChI is InChI=1S/C13H13BrN2O3/c1-2-16-4-3-15-13(16)11(17)8-5-9(14)12-10(6-8)18-7-19-12/h3-6,11,17H,2,7H2,1H3. The summed E-state index contributed by atoms with van der Waals surface area (Å²) < 4.78 is 13.4. The lowest BCUT2D eigenvalue weighted by Gasteiger charge is -2.13. The zero-order valence-corrected chi connectivity index (χ0v) is 11.9. The molecule has 1 unspecified atom stereocenters. The maximum absolute atomic E-state index is 10.4. The lowest BCUT2D eigenvalue weighted by atomic mass is 10.1. The Kier molecular flexibility index (Phi) is 3.20. The van der Waals surface area contributed by atoms with Gasteiger partial charge in [0.15, 0.2) is 11.5 Å². The monoisotopic (exact) mass is 324 g/mol. The van der Waals surface area contributed by atoms with Gasteiger partial charge >= 0.3 is 0 Å². The summed E-state index contributed by atoms with van der Waals surface area (Å²) in [4.78, 5) is 4.21. The van der Waals surface area contributed by atoms with E-state index in [1.165, 1.54) is 0 Å². The SMILES string of the molecule is CCn1ccnc1C(O)c1cc(Br)c2c(c1)OCO2. The molecule has 0 fully saturated rings. The number of nitrogens with zero attached hydrogens (tertiary/aromatic N) is 2. The van der Waals surface area contributed by atoms with Crippen LogP contribution in [-0.2, 0) is 6.54 Å². The molecule has 0 aliphatic carbocycles. The van der Waals surface area contributed by atoms with Crippen LogP contribution in [0.5, 0.6) is 11.5 Å². The maximum Gasteiger partial charge on any atom is 0.231 e. The fourth-order valence-electron chi connectivity index (χ4n) is 2.13. The molecule has 3 rings (SSSR count). The topological polar surface area (TPSA) is 56.5 Å². The number of imidazole rings is 1. The summed E-state index contributed by atoms with van der Waals surface area (Å²) >= 11 is 3.42. The fourth-order valence-corrected chi connectivity index (χ4v) is 2.70. The van der Waals surface area contributed by atoms with Crippen molar-refractivity contribution in [2.24, 2.45) is 0 Å². The summed E-state index contributed by atoms with van der Waals surface area (Å²) in [6, 6.07) is 3.61. The second-order valence-corrected chi connectivity index (χ2v) is 5.06. The Labute approximate surface area is 118 Å². The predicted octanol–water partition coefficient (Wildman–Crippen LogP) is 2.48. The van der Waals surface area contributed by atoms with E-state index < -0.39 is 6.10 Å². The molecule has 0 saturated carbocycles. The van der Waals surface area contributed by atoms with Gasteiger partial charge in [0, 0.05) is 18.9 Å². The molecule has 0 saturated heterocycles. The van der Waals surface area contributed by atoms with E-state index in [0.717, 1.165) is 16.6 Å². The zero-order valence-electron chi connectivity index (χ0n) is 10.3. The molecule has 0 spiro atoms. The van der Waals surface area contributed by atoms with Crippen molar-refractivity contribution >= 4 is 15.9 Å². The van der Waals surface area contributed by atoms with Gasteiger partial charge in [-0.15, -0.1) is 0 Å². The van der Waals surface area contributed by atoms with Crippen LogP contribution in [0.3, 0.4) is 0 Å². The Balaban J connectivity index is 2.01. The van der Waals surface area contributed by atoms with Crippen molar-refractivity contribution in [3.8, 4) is 11.5 Å². The summed E-state index contributed by atoms with van der Waals surface area (Å²) in [6.45, 7) is 2.97. The second kappa shape index (κ2) is 4.86. The van der Waals surface area contributed by atoms with E-state index in [2.05, 4.69) is 20.9 Å². The largest absolute Gasteiger partial charge is 0.454 e. The smallest absolute Gasteiger partial charge is 0.231 e. The highest BCUT2D eigenvalue weighted by Crippen LogP contribution is 2.41. The quantitative estimate of drug-likeness (QED) is 0.942. The van der Waals surface area contributed by atoms with Crippen LogP contribution in [0.15, 0.2) is 29.0 Å². The molecule has 6 heteroatoms. The number of hydrogen-bond acceptors (Lipinski definition) is 4. The van der Waals surface area contributed by atoms with E-state index in [1.54, 1.807) is 12.3 Å². The minimum Gasteiger partial charge on any atom is -0.454 e. The highest BCUT2D eigenvalue weighted by molar-refractivity contribution is 9.10. The highest BCUT2D eigenvalue weighted by Gasteiger charge is 2.23. The summed E-state index contributed by atoms with van der Waals surface area (Å²) in [7, 11) is 0. The molecule has 1 atom stereocenters. The van der Waals surface area contributed by atoms with Crippen LogP contribution in [0.4, 0.5) is 0 Å². The molecule has 1 aromatic carbocycles. The summed E-state index contributed by atoms with van der Waals surface area (Å²) in [5.41, 5.74) is 0.719. The van der Waals surface area contributed by atoms with Gasteiger partial charge in [-0.05, 0) is 40.5 Å². The Hall–Kier alpha value is -1.53. The minimum atomic E-state index is -0.791. The third-order valence-electron chi connectivity index (χ3n) is 3.10. The third kappa shape index (κ3) is 2.11. The van der Waals surface area contributed by atoms with E-state index in [1.807, 2.05) is 23.8 Å². The molecule has 100 valence electrons. The number of aryl methyl sites for hydroxylation is 1. The van der Waals surface area contributed by atoms with Crippen molar-refractivity contribution in [3.63, 3.8) is 0 Å². The number of halogens is 1. The molecule has 2 aromatic rings. The van der Waals surface area contributed by atoms with Gasteiger partial charge in [0.25, 0.3) is 0 Å². The number of aliphatic hydroxyl groups is 1. The van der Waals surface area contributed by atoms with Crippen LogP contribution < -0.4 is 9.47 Å². The van der Waals surface area contributed by atoms with E-state index in [4.69, 9.17) is 9.47 Å². The Bertz CT molecular complexity index is 612. The van der Waals surface area contributed by atoms with Crippen LogP contribution in [0.1, 0.15) is 24.4 Å². The van der Waals surface area contributed by atoms with Gasteiger partial charge < -0.3 is 19.1 Å². The number of benzene rings is 1. The first-order chi connectivity index (χ1) is 9.20. The predicted molar refractivity (Wildman–Crippen MR) is 72.2 cm³/mol. The summed E-state index contributed by atoms with van der Waals surface area (Å²) in [6.07, 6.45) is 2.74. The van der Waals surface area contributed by atoms with Crippen molar-refractivity contribution in [3.05, 3.63) is 40.4 Å². The van der Waals surface area contributed by atoms with Crippen molar-refractivity contribution in [1.82, 2.24) is 9.55 Å². The first-order valence-electron chi connectivity index (χ1n) is 5.99. The van der Waals surface area contributed by atoms with Crippen LogP contribution in [0, 0.1) is 0 Å². The summed E-state index contributed by atoms with van der Waals surface area (Å²) in [5.74, 6) is 1.93. The van der Waals surface area contributed by atoms with Gasteiger partial charge in [-0.3, -0.25) is 0 Å². The first kappa shape index (κ1) is 12.5. The molecular formula is C13H13BrN2O3. The second-order valence-electron chi connectivity index (χ2n) is 4.21. The lowest BCUT2D eigenvalue weighted by Crippen LogP contribution is -2.08. The molecule has 2 heterocycles. The average Bonchev–Trinajstić information content (AvgIpc) is 3.06. The fraction of sp³-hybridized carbons (Fsp3) is 0.308. The molecule has 0 amide bonds. The van der Waals surface area contributed by atoms with Gasteiger partial charge in [0.05, 0.1) is 4.47 Å². The first-order valence-corrected chi connectivity index (χ1v) is 6.78. The molecular weight excluding hydrogens is 312 g/mol. The highest BCUT2D eigenvalue weighted by atomic mass is 79.9. The molecule has 1 aliphatic rings. The molecule has 0 bridgehead atoms. The van der Waals surface area contributed by atoms with Crippen LogP contribution in [-0.4, -0.2) is 21.5 Å². The van der Waals surface area contributed by atoms with Crippen molar-refractivity contribution in [2.75, 3.05) is 6.79 Å². The van der Waals surface area contributed by atoms with Gasteiger partial charge in [-0.2, -0.15) is 0 Å². The number of ether oxygens (including phenoxy) is 2. The molecule has 1 aliphatic heterocycles. The van der Waals surface area contributed by atoms with Crippen LogP contribution in [0.25, 0.3) is 0 Å². The van der Waals surface area contributed by atoms with Crippen molar-refractivity contribution in [2.45, 2.75) is 19.6 Å². The van der Waals surface area contributed by atoms with Crippen LogP contribution in [0.2, 0.25) is 0 Å². The van der Waals surface area contributed by atoms with E-state index >= 15 is 0 Å². The van der Waals surface area contributed by atoms with Gasteiger partial charge in [0.2, 0.25) is 6.79 Å². The van der Waals surface area contributed by atoms with E-state index in [-0.39, 0.29) is 6.79 Å². The van der Waals surface area contributed by atoms with Crippen molar-refractivity contribution < 1.29 is 14.6 Å². The van der Waals surface area contributed by atoms with E-state index in [0.29, 0.717) is 17.3 Å². The van der Waals surface area contributed by atoms with Gasteiger partial charge in [-0.1, -0.05) is 0 Å². The number of rotatable bonds is 3. The number of aromatic nitrogens is 2. The number of hydrogen-bond donors (Lipinski definition) is 1.